The maximum absolute atomic E-state index is 5.46. The first-order chi connectivity index (χ1) is 11.7. The Morgan fingerprint density at radius 2 is 2.17 bits per heavy atom. The quantitative estimate of drug-likeness (QED) is 0.738. The Balaban J connectivity index is 1.57. The molecule has 1 aliphatic heterocycles. The lowest BCUT2D eigenvalue weighted by Gasteiger charge is -2.05. The average molecular weight is 324 g/mol. The highest BCUT2D eigenvalue weighted by Crippen LogP contribution is 2.26. The molecule has 3 aromatic rings. The van der Waals surface area contributed by atoms with Gasteiger partial charge in [-0.2, -0.15) is 10.1 Å². The Morgan fingerprint density at radius 3 is 2.92 bits per heavy atom. The lowest BCUT2D eigenvalue weighted by molar-refractivity contribution is 0.192. The van der Waals surface area contributed by atoms with Gasteiger partial charge in [0, 0.05) is 23.8 Å². The number of nitrogens with zero attached hydrogens (tertiary/aromatic N) is 4. The first kappa shape index (κ1) is 15.1. The van der Waals surface area contributed by atoms with E-state index in [4.69, 9.17) is 9.26 Å². The van der Waals surface area contributed by atoms with Crippen molar-refractivity contribution < 1.29 is 9.26 Å². The zero-order valence-electron chi connectivity index (χ0n) is 13.9. The Morgan fingerprint density at radius 1 is 1.25 bits per heavy atom. The summed E-state index contributed by atoms with van der Waals surface area (Å²) in [6.07, 6.45) is 0.955. The summed E-state index contributed by atoms with van der Waals surface area (Å²) in [6, 6.07) is 10.3. The number of aromatic nitrogens is 4. The smallest absolute Gasteiger partial charge is 0.257 e. The van der Waals surface area contributed by atoms with E-state index in [1.807, 2.05) is 23.7 Å². The van der Waals surface area contributed by atoms with Crippen LogP contribution in [0, 0.1) is 13.8 Å². The topological polar surface area (TPSA) is 66.0 Å². The van der Waals surface area contributed by atoms with E-state index in [1.54, 1.807) is 0 Å². The van der Waals surface area contributed by atoms with Gasteiger partial charge in [-0.15, -0.1) is 0 Å². The van der Waals surface area contributed by atoms with E-state index in [0.717, 1.165) is 47.9 Å². The van der Waals surface area contributed by atoms with Gasteiger partial charge in [-0.05, 0) is 44.0 Å². The SMILES string of the molecule is Cc1cc(C)n(Cc2cccc(-c3nc([C@@H]4CCOC4)no3)c2)n1. The van der Waals surface area contributed by atoms with Crippen LogP contribution < -0.4 is 0 Å². The molecular weight excluding hydrogens is 304 g/mol. The Hall–Kier alpha value is -2.47. The van der Waals surface area contributed by atoms with Crippen molar-refractivity contribution in [3.05, 3.63) is 53.1 Å². The van der Waals surface area contributed by atoms with Crippen LogP contribution in [-0.2, 0) is 11.3 Å². The number of benzene rings is 1. The van der Waals surface area contributed by atoms with Gasteiger partial charge in [0.15, 0.2) is 5.82 Å². The predicted molar refractivity (Wildman–Crippen MR) is 88.7 cm³/mol. The molecule has 0 N–H and O–H groups in total. The minimum Gasteiger partial charge on any atom is -0.381 e. The van der Waals surface area contributed by atoms with E-state index in [-0.39, 0.29) is 5.92 Å². The highest BCUT2D eigenvalue weighted by molar-refractivity contribution is 5.54. The second-order valence-electron chi connectivity index (χ2n) is 6.30. The molecule has 24 heavy (non-hydrogen) atoms. The van der Waals surface area contributed by atoms with Crippen molar-refractivity contribution >= 4 is 0 Å². The highest BCUT2D eigenvalue weighted by Gasteiger charge is 2.23. The van der Waals surface area contributed by atoms with E-state index >= 15 is 0 Å². The number of rotatable bonds is 4. The highest BCUT2D eigenvalue weighted by atomic mass is 16.5. The largest absolute Gasteiger partial charge is 0.381 e. The van der Waals surface area contributed by atoms with Gasteiger partial charge in [0.1, 0.15) is 0 Å². The maximum atomic E-state index is 5.46. The molecular formula is C18H20N4O2. The van der Waals surface area contributed by atoms with E-state index in [0.29, 0.717) is 12.5 Å². The molecule has 1 atom stereocenters. The molecule has 1 saturated heterocycles. The number of aryl methyl sites for hydroxylation is 2. The van der Waals surface area contributed by atoms with Crippen LogP contribution >= 0.6 is 0 Å². The predicted octanol–water partition coefficient (Wildman–Crippen LogP) is 3.10. The minimum atomic E-state index is 0.250. The molecule has 0 spiro atoms. The lowest BCUT2D eigenvalue weighted by atomic mass is 10.1. The van der Waals surface area contributed by atoms with E-state index in [1.165, 1.54) is 0 Å². The van der Waals surface area contributed by atoms with Crippen molar-refractivity contribution in [2.45, 2.75) is 32.7 Å². The summed E-state index contributed by atoms with van der Waals surface area (Å²) in [5, 5.41) is 8.64. The van der Waals surface area contributed by atoms with E-state index < -0.39 is 0 Å². The first-order valence-electron chi connectivity index (χ1n) is 8.21. The monoisotopic (exact) mass is 324 g/mol. The summed E-state index contributed by atoms with van der Waals surface area (Å²) >= 11 is 0. The van der Waals surface area contributed by atoms with Gasteiger partial charge in [0.25, 0.3) is 5.89 Å². The van der Waals surface area contributed by atoms with Gasteiger partial charge < -0.3 is 9.26 Å². The minimum absolute atomic E-state index is 0.250. The third kappa shape index (κ3) is 2.97. The summed E-state index contributed by atoms with van der Waals surface area (Å²) in [4.78, 5) is 4.55. The van der Waals surface area contributed by atoms with Crippen LogP contribution in [0.1, 0.15) is 35.1 Å². The molecule has 124 valence electrons. The van der Waals surface area contributed by atoms with Gasteiger partial charge in [0.2, 0.25) is 0 Å². The van der Waals surface area contributed by atoms with Gasteiger partial charge in [-0.25, -0.2) is 0 Å². The fourth-order valence-electron chi connectivity index (χ4n) is 3.07. The molecule has 3 heterocycles. The normalized spacial score (nSPS) is 17.5. The average Bonchev–Trinajstić information content (AvgIpc) is 3.29. The van der Waals surface area contributed by atoms with Crippen molar-refractivity contribution in [1.29, 1.82) is 0 Å². The lowest BCUT2D eigenvalue weighted by Crippen LogP contribution is -2.04. The van der Waals surface area contributed by atoms with Gasteiger partial charge in [-0.3, -0.25) is 4.68 Å². The van der Waals surface area contributed by atoms with Crippen LogP contribution in [-0.4, -0.2) is 33.1 Å². The summed E-state index contributed by atoms with van der Waals surface area (Å²) in [5.74, 6) is 1.55. The fourth-order valence-corrected chi connectivity index (χ4v) is 3.07. The van der Waals surface area contributed by atoms with Crippen molar-refractivity contribution in [3.63, 3.8) is 0 Å². The van der Waals surface area contributed by atoms with Crippen LogP contribution in [0.3, 0.4) is 0 Å². The van der Waals surface area contributed by atoms with E-state index in [9.17, 15) is 0 Å². The van der Waals surface area contributed by atoms with Gasteiger partial charge in [-0.1, -0.05) is 17.3 Å². The summed E-state index contributed by atoms with van der Waals surface area (Å²) in [7, 11) is 0. The fraction of sp³-hybridized carbons (Fsp3) is 0.389. The number of ether oxygens (including phenoxy) is 1. The van der Waals surface area contributed by atoms with Crippen LogP contribution in [0.4, 0.5) is 0 Å². The zero-order valence-corrected chi connectivity index (χ0v) is 13.9. The number of hydrogen-bond donors (Lipinski definition) is 0. The molecule has 4 rings (SSSR count). The third-order valence-corrected chi connectivity index (χ3v) is 4.35. The molecule has 0 radical (unpaired) electrons. The van der Waals surface area contributed by atoms with Crippen molar-refractivity contribution in [2.75, 3.05) is 13.2 Å². The molecule has 1 aliphatic rings. The second-order valence-corrected chi connectivity index (χ2v) is 6.30. The van der Waals surface area contributed by atoms with Gasteiger partial charge >= 0.3 is 0 Å². The molecule has 0 bridgehead atoms. The standard InChI is InChI=1S/C18H20N4O2/c1-12-8-13(2)22(20-12)10-14-4-3-5-15(9-14)18-19-17(21-24-18)16-6-7-23-11-16/h3-5,8-9,16H,6-7,10-11H2,1-2H3/t16-/m1/s1. The van der Waals surface area contributed by atoms with Crippen LogP contribution in [0.5, 0.6) is 0 Å². The molecule has 2 aromatic heterocycles. The van der Waals surface area contributed by atoms with Crippen LogP contribution in [0.2, 0.25) is 0 Å². The molecule has 0 saturated carbocycles. The molecule has 1 fully saturated rings. The zero-order chi connectivity index (χ0) is 16.5. The summed E-state index contributed by atoms with van der Waals surface area (Å²) in [5.41, 5.74) is 4.28. The third-order valence-electron chi connectivity index (χ3n) is 4.35. The molecule has 0 aliphatic carbocycles. The summed E-state index contributed by atoms with van der Waals surface area (Å²) in [6.45, 7) is 6.25. The Kier molecular flexibility index (Phi) is 3.90. The Bertz CT molecular complexity index is 846. The van der Waals surface area contributed by atoms with Crippen molar-refractivity contribution in [2.24, 2.45) is 0 Å². The maximum Gasteiger partial charge on any atom is 0.257 e. The molecule has 6 nitrogen and oxygen atoms in total. The van der Waals surface area contributed by atoms with Crippen molar-refractivity contribution in [3.8, 4) is 11.5 Å². The molecule has 0 amide bonds. The summed E-state index contributed by atoms with van der Waals surface area (Å²) < 4.78 is 12.9. The molecule has 1 aromatic carbocycles. The van der Waals surface area contributed by atoms with Crippen LogP contribution in [0.25, 0.3) is 11.5 Å². The molecule has 6 heteroatoms. The van der Waals surface area contributed by atoms with Crippen molar-refractivity contribution in [1.82, 2.24) is 19.9 Å². The molecule has 0 unspecified atom stereocenters. The van der Waals surface area contributed by atoms with Gasteiger partial charge in [0.05, 0.1) is 18.8 Å². The van der Waals surface area contributed by atoms with E-state index in [2.05, 4.69) is 40.4 Å². The first-order valence-corrected chi connectivity index (χ1v) is 8.21. The van der Waals surface area contributed by atoms with Crippen LogP contribution in [0.15, 0.2) is 34.9 Å². The number of hydrogen-bond acceptors (Lipinski definition) is 5. The Labute approximate surface area is 140 Å². The second kappa shape index (κ2) is 6.20.